The van der Waals surface area contributed by atoms with Crippen molar-refractivity contribution < 1.29 is 9.21 Å². The van der Waals surface area contributed by atoms with Crippen LogP contribution in [-0.2, 0) is 0 Å². The molecule has 2 aliphatic rings. The van der Waals surface area contributed by atoms with Gasteiger partial charge in [0.25, 0.3) is 5.91 Å². The van der Waals surface area contributed by atoms with Crippen molar-refractivity contribution in [1.29, 1.82) is 0 Å². The molecule has 1 amide bonds. The Balaban J connectivity index is 1.36. The molecule has 2 fully saturated rings. The Kier molecular flexibility index (Phi) is 3.35. The first-order valence-electron chi connectivity index (χ1n) is 8.78. The number of pyridine rings is 1. The Morgan fingerprint density at radius 3 is 2.96 bits per heavy atom. The van der Waals surface area contributed by atoms with Gasteiger partial charge >= 0.3 is 0 Å². The lowest BCUT2D eigenvalue weighted by atomic mass is 9.95. The van der Waals surface area contributed by atoms with Gasteiger partial charge in [0.1, 0.15) is 5.76 Å². The summed E-state index contributed by atoms with van der Waals surface area (Å²) in [6.07, 6.45) is 5.15. The van der Waals surface area contributed by atoms with E-state index in [1.165, 1.54) is 6.42 Å². The number of furan rings is 1. The van der Waals surface area contributed by atoms with Gasteiger partial charge in [-0.1, -0.05) is 18.2 Å². The van der Waals surface area contributed by atoms with Gasteiger partial charge in [0.15, 0.2) is 5.76 Å². The van der Waals surface area contributed by atoms with E-state index < -0.39 is 0 Å². The van der Waals surface area contributed by atoms with Gasteiger partial charge in [-0.25, -0.2) is 0 Å². The molecule has 5 heteroatoms. The fraction of sp³-hybridized carbons (Fsp3) is 0.300. The molecule has 0 aliphatic carbocycles. The third-order valence-corrected chi connectivity index (χ3v) is 5.32. The van der Waals surface area contributed by atoms with Crippen molar-refractivity contribution in [1.82, 2.24) is 15.6 Å². The number of para-hydroxylation sites is 1. The van der Waals surface area contributed by atoms with Crippen LogP contribution >= 0.6 is 0 Å². The Hall–Kier alpha value is -2.66. The van der Waals surface area contributed by atoms with Crippen molar-refractivity contribution in [2.75, 3.05) is 0 Å². The summed E-state index contributed by atoms with van der Waals surface area (Å²) in [4.78, 5) is 16.9. The highest BCUT2D eigenvalue weighted by atomic mass is 16.3. The Morgan fingerprint density at radius 2 is 2.12 bits per heavy atom. The first kappa shape index (κ1) is 14.7. The molecule has 4 heterocycles. The molecule has 2 N–H and O–H groups in total. The molecule has 2 bridgehead atoms. The summed E-state index contributed by atoms with van der Waals surface area (Å²) in [5.41, 5.74) is 1.82. The maximum atomic E-state index is 12.5. The summed E-state index contributed by atoms with van der Waals surface area (Å²) in [5, 5.41) is 7.69. The predicted molar refractivity (Wildman–Crippen MR) is 95.3 cm³/mol. The van der Waals surface area contributed by atoms with Gasteiger partial charge in [-0.2, -0.15) is 0 Å². The van der Waals surface area contributed by atoms with Crippen LogP contribution in [0.15, 0.2) is 53.1 Å². The quantitative estimate of drug-likeness (QED) is 0.773. The number of carbonyl (C=O) groups excluding carboxylic acids is 1. The standard InChI is InChI=1S/C20H19N3O2/c24-20(23-17-10-14-5-6-16(17)22-14)19-8-7-18(25-19)13-9-12-3-1-2-4-15(12)21-11-13/h1-4,7-9,11,14,16-17,22H,5-6,10H2,(H,23,24)/t14-,16+,17-/m1/s1. The molecule has 0 spiro atoms. The van der Waals surface area contributed by atoms with E-state index in [1.54, 1.807) is 12.3 Å². The van der Waals surface area contributed by atoms with Crippen LogP contribution in [-0.4, -0.2) is 29.0 Å². The Labute approximate surface area is 145 Å². The molecule has 25 heavy (non-hydrogen) atoms. The van der Waals surface area contributed by atoms with Crippen molar-refractivity contribution >= 4 is 16.8 Å². The molecular formula is C20H19N3O2. The zero-order valence-electron chi connectivity index (χ0n) is 13.7. The number of aromatic nitrogens is 1. The van der Waals surface area contributed by atoms with E-state index >= 15 is 0 Å². The van der Waals surface area contributed by atoms with E-state index in [2.05, 4.69) is 15.6 Å². The summed E-state index contributed by atoms with van der Waals surface area (Å²) in [5.74, 6) is 0.875. The van der Waals surface area contributed by atoms with E-state index in [9.17, 15) is 4.79 Å². The summed E-state index contributed by atoms with van der Waals surface area (Å²) < 4.78 is 5.80. The molecule has 3 aromatic rings. The van der Waals surface area contributed by atoms with Crippen LogP contribution in [0.3, 0.4) is 0 Å². The van der Waals surface area contributed by atoms with Gasteiger partial charge in [-0.3, -0.25) is 9.78 Å². The van der Waals surface area contributed by atoms with Gasteiger partial charge in [0.2, 0.25) is 0 Å². The molecule has 2 aliphatic heterocycles. The molecule has 2 saturated heterocycles. The first-order chi connectivity index (χ1) is 12.3. The molecule has 2 aromatic heterocycles. The van der Waals surface area contributed by atoms with Gasteiger partial charge in [-0.05, 0) is 43.5 Å². The monoisotopic (exact) mass is 333 g/mol. The SMILES string of the molecule is O=C(N[C@@H]1C[C@H]2CC[C@@H]1N2)c1ccc(-c2cnc3ccccc3c2)o1. The number of nitrogens with one attached hydrogen (secondary N) is 2. The van der Waals surface area contributed by atoms with Gasteiger partial charge in [0, 0.05) is 35.3 Å². The van der Waals surface area contributed by atoms with Crippen molar-refractivity contribution in [3.05, 3.63) is 54.4 Å². The molecule has 0 radical (unpaired) electrons. The number of fused-ring (bicyclic) bond motifs is 3. The van der Waals surface area contributed by atoms with Gasteiger partial charge in [-0.15, -0.1) is 0 Å². The van der Waals surface area contributed by atoms with Crippen LogP contribution in [0.5, 0.6) is 0 Å². The minimum atomic E-state index is -0.139. The summed E-state index contributed by atoms with van der Waals surface area (Å²) >= 11 is 0. The second-order valence-electron chi connectivity index (χ2n) is 6.94. The zero-order chi connectivity index (χ0) is 16.8. The molecule has 0 unspecified atom stereocenters. The van der Waals surface area contributed by atoms with E-state index in [0.29, 0.717) is 23.6 Å². The predicted octanol–water partition coefficient (Wildman–Crippen LogP) is 3.12. The topological polar surface area (TPSA) is 67.2 Å². The average Bonchev–Trinajstić information content (AvgIpc) is 3.38. The van der Waals surface area contributed by atoms with E-state index in [-0.39, 0.29) is 11.9 Å². The second-order valence-corrected chi connectivity index (χ2v) is 6.94. The van der Waals surface area contributed by atoms with Crippen molar-refractivity contribution in [2.24, 2.45) is 0 Å². The lowest BCUT2D eigenvalue weighted by Gasteiger charge is -2.20. The number of amides is 1. The molecule has 5 nitrogen and oxygen atoms in total. The van der Waals surface area contributed by atoms with Crippen molar-refractivity contribution in [3.8, 4) is 11.3 Å². The molecule has 1 aromatic carbocycles. The maximum Gasteiger partial charge on any atom is 0.287 e. The van der Waals surface area contributed by atoms with Crippen LogP contribution < -0.4 is 10.6 Å². The number of nitrogens with zero attached hydrogens (tertiary/aromatic N) is 1. The third-order valence-electron chi connectivity index (χ3n) is 5.32. The molecule has 126 valence electrons. The highest BCUT2D eigenvalue weighted by Gasteiger charge is 2.39. The highest BCUT2D eigenvalue weighted by molar-refractivity contribution is 5.92. The molecule has 3 atom stereocenters. The van der Waals surface area contributed by atoms with E-state index in [4.69, 9.17) is 4.42 Å². The fourth-order valence-electron chi connectivity index (χ4n) is 4.04. The molecular weight excluding hydrogens is 314 g/mol. The third kappa shape index (κ3) is 2.61. The number of rotatable bonds is 3. The maximum absolute atomic E-state index is 12.5. The lowest BCUT2D eigenvalue weighted by Crippen LogP contribution is -2.42. The van der Waals surface area contributed by atoms with Crippen LogP contribution in [0.2, 0.25) is 0 Å². The van der Waals surface area contributed by atoms with Crippen LogP contribution in [0.25, 0.3) is 22.2 Å². The Bertz CT molecular complexity index is 949. The van der Waals surface area contributed by atoms with Crippen LogP contribution in [0.4, 0.5) is 0 Å². The lowest BCUT2D eigenvalue weighted by molar-refractivity contribution is 0.0903. The number of hydrogen-bond acceptors (Lipinski definition) is 4. The van der Waals surface area contributed by atoms with E-state index in [1.807, 2.05) is 36.4 Å². The molecule has 5 rings (SSSR count). The highest BCUT2D eigenvalue weighted by Crippen LogP contribution is 2.29. The number of hydrogen-bond donors (Lipinski definition) is 2. The van der Waals surface area contributed by atoms with Crippen LogP contribution in [0.1, 0.15) is 29.8 Å². The van der Waals surface area contributed by atoms with Gasteiger partial charge in [0.05, 0.1) is 5.52 Å². The summed E-state index contributed by atoms with van der Waals surface area (Å²) in [6.45, 7) is 0. The Morgan fingerprint density at radius 1 is 1.20 bits per heavy atom. The largest absolute Gasteiger partial charge is 0.451 e. The van der Waals surface area contributed by atoms with Gasteiger partial charge < -0.3 is 15.1 Å². The molecule has 0 saturated carbocycles. The summed E-state index contributed by atoms with van der Waals surface area (Å²) in [6, 6.07) is 14.7. The first-order valence-corrected chi connectivity index (χ1v) is 8.78. The zero-order valence-corrected chi connectivity index (χ0v) is 13.7. The smallest absolute Gasteiger partial charge is 0.287 e. The number of benzene rings is 1. The minimum absolute atomic E-state index is 0.139. The average molecular weight is 333 g/mol. The number of carbonyl (C=O) groups is 1. The summed E-state index contributed by atoms with van der Waals surface area (Å²) in [7, 11) is 0. The minimum Gasteiger partial charge on any atom is -0.451 e. The fourth-order valence-corrected chi connectivity index (χ4v) is 4.04. The van der Waals surface area contributed by atoms with Crippen molar-refractivity contribution in [3.63, 3.8) is 0 Å². The second kappa shape index (κ2) is 5.70. The van der Waals surface area contributed by atoms with Crippen molar-refractivity contribution in [2.45, 2.75) is 37.4 Å². The normalized spacial score (nSPS) is 24.7. The van der Waals surface area contributed by atoms with Crippen LogP contribution in [0, 0.1) is 0 Å². The van der Waals surface area contributed by atoms with E-state index in [0.717, 1.165) is 29.3 Å².